The predicted molar refractivity (Wildman–Crippen MR) is 59.0 cm³/mol. The molecular formula is C10H17NO3S. The van der Waals surface area contributed by atoms with Crippen molar-refractivity contribution in [1.82, 2.24) is 4.90 Å². The molecule has 1 unspecified atom stereocenters. The van der Waals surface area contributed by atoms with Gasteiger partial charge in [0.1, 0.15) is 11.5 Å². The van der Waals surface area contributed by atoms with Crippen LogP contribution in [0.2, 0.25) is 0 Å². The summed E-state index contributed by atoms with van der Waals surface area (Å²) in [6.07, 6.45) is 0.889. The van der Waals surface area contributed by atoms with Crippen molar-refractivity contribution < 1.29 is 13.8 Å². The average Bonchev–Trinajstić information content (AvgIpc) is 2.18. The molecule has 0 aromatic heterocycles. The standard InChI is InChI=1S/C10H17NO3S/c1-8(2)15(14)7-10(13)11-5-3-9(12)4-6-11/h8H,3-7H2,1-2H3. The van der Waals surface area contributed by atoms with Crippen molar-refractivity contribution >= 4 is 22.5 Å². The maximum atomic E-state index is 11.6. The van der Waals surface area contributed by atoms with Crippen LogP contribution in [0.3, 0.4) is 0 Å². The number of Topliss-reactive ketones (excluding diaryl/α,β-unsaturated/α-hetero) is 1. The summed E-state index contributed by atoms with van der Waals surface area (Å²) in [6.45, 7) is 4.66. The lowest BCUT2D eigenvalue weighted by Gasteiger charge is -2.26. The number of carbonyl (C=O) groups is 2. The van der Waals surface area contributed by atoms with E-state index in [2.05, 4.69) is 0 Å². The Morgan fingerprint density at radius 2 is 1.93 bits per heavy atom. The quantitative estimate of drug-likeness (QED) is 0.703. The fraction of sp³-hybridized carbons (Fsp3) is 0.800. The van der Waals surface area contributed by atoms with Crippen molar-refractivity contribution in [2.45, 2.75) is 31.9 Å². The van der Waals surface area contributed by atoms with E-state index in [0.29, 0.717) is 25.9 Å². The van der Waals surface area contributed by atoms with Crippen LogP contribution in [0.1, 0.15) is 26.7 Å². The minimum atomic E-state index is -1.09. The van der Waals surface area contributed by atoms with Gasteiger partial charge < -0.3 is 4.90 Å². The molecule has 0 aromatic rings. The van der Waals surface area contributed by atoms with E-state index in [0.717, 1.165) is 0 Å². The van der Waals surface area contributed by atoms with Gasteiger partial charge in [-0.05, 0) is 0 Å². The number of hydrogen-bond acceptors (Lipinski definition) is 3. The van der Waals surface area contributed by atoms with Crippen molar-refractivity contribution in [2.75, 3.05) is 18.8 Å². The summed E-state index contributed by atoms with van der Waals surface area (Å²) in [5.41, 5.74) is 0. The molecular weight excluding hydrogens is 214 g/mol. The molecule has 1 aliphatic rings. The molecule has 1 amide bonds. The molecule has 0 saturated carbocycles. The van der Waals surface area contributed by atoms with Crippen LogP contribution < -0.4 is 0 Å². The second-order valence-corrected chi connectivity index (χ2v) is 5.99. The van der Waals surface area contributed by atoms with Crippen LogP contribution in [0.5, 0.6) is 0 Å². The zero-order valence-corrected chi connectivity index (χ0v) is 10.0. The van der Waals surface area contributed by atoms with Gasteiger partial charge in [-0.15, -0.1) is 0 Å². The molecule has 0 N–H and O–H groups in total. The number of ketones is 1. The summed E-state index contributed by atoms with van der Waals surface area (Å²) in [4.78, 5) is 24.2. The largest absolute Gasteiger partial charge is 0.341 e. The van der Waals surface area contributed by atoms with Crippen LogP contribution in [-0.2, 0) is 20.4 Å². The molecule has 1 rings (SSSR count). The lowest BCUT2D eigenvalue weighted by atomic mass is 10.1. The first-order chi connectivity index (χ1) is 7.00. The Morgan fingerprint density at radius 3 is 2.40 bits per heavy atom. The highest BCUT2D eigenvalue weighted by Crippen LogP contribution is 2.07. The fourth-order valence-corrected chi connectivity index (χ4v) is 2.14. The molecule has 1 fully saturated rings. The summed E-state index contributed by atoms with van der Waals surface area (Å²) in [5, 5.41) is 0.0142. The summed E-state index contributed by atoms with van der Waals surface area (Å²) < 4.78 is 11.5. The van der Waals surface area contributed by atoms with E-state index >= 15 is 0 Å². The molecule has 5 heteroatoms. The molecule has 0 aromatic carbocycles. The van der Waals surface area contributed by atoms with E-state index in [-0.39, 0.29) is 22.7 Å². The van der Waals surface area contributed by atoms with Crippen molar-refractivity contribution in [1.29, 1.82) is 0 Å². The zero-order valence-electron chi connectivity index (χ0n) is 9.19. The molecule has 1 atom stereocenters. The van der Waals surface area contributed by atoms with Gasteiger partial charge in [0.15, 0.2) is 0 Å². The average molecular weight is 231 g/mol. The second-order valence-electron chi connectivity index (χ2n) is 3.99. The van der Waals surface area contributed by atoms with Gasteiger partial charge in [-0.25, -0.2) is 0 Å². The number of likely N-dealkylation sites (tertiary alicyclic amines) is 1. The van der Waals surface area contributed by atoms with Crippen LogP contribution in [0, 0.1) is 0 Å². The molecule has 4 nitrogen and oxygen atoms in total. The molecule has 1 saturated heterocycles. The first-order valence-electron chi connectivity index (χ1n) is 5.17. The van der Waals surface area contributed by atoms with Gasteiger partial charge in [0.05, 0.1) is 0 Å². The fourth-order valence-electron chi connectivity index (χ4n) is 1.39. The van der Waals surface area contributed by atoms with E-state index in [9.17, 15) is 13.8 Å². The Balaban J connectivity index is 2.41. The Kier molecular flexibility index (Phi) is 4.45. The smallest absolute Gasteiger partial charge is 0.235 e. The first kappa shape index (κ1) is 12.4. The summed E-state index contributed by atoms with van der Waals surface area (Å²) in [7, 11) is -1.09. The minimum Gasteiger partial charge on any atom is -0.341 e. The van der Waals surface area contributed by atoms with Crippen molar-refractivity contribution in [3.8, 4) is 0 Å². The molecule has 0 spiro atoms. The van der Waals surface area contributed by atoms with Gasteiger partial charge in [-0.1, -0.05) is 13.8 Å². The van der Waals surface area contributed by atoms with Crippen LogP contribution >= 0.6 is 0 Å². The molecule has 15 heavy (non-hydrogen) atoms. The van der Waals surface area contributed by atoms with E-state index in [1.807, 2.05) is 13.8 Å². The minimum absolute atomic E-state index is 0.0142. The number of rotatable bonds is 3. The van der Waals surface area contributed by atoms with Crippen LogP contribution in [-0.4, -0.2) is 44.9 Å². The Hall–Kier alpha value is -0.710. The van der Waals surface area contributed by atoms with Gasteiger partial charge in [0.2, 0.25) is 5.91 Å². The highest BCUT2D eigenvalue weighted by Gasteiger charge is 2.22. The van der Waals surface area contributed by atoms with Crippen LogP contribution in [0.4, 0.5) is 0 Å². The van der Waals surface area contributed by atoms with Gasteiger partial charge >= 0.3 is 0 Å². The van der Waals surface area contributed by atoms with E-state index in [1.165, 1.54) is 0 Å². The van der Waals surface area contributed by atoms with Crippen molar-refractivity contribution in [2.24, 2.45) is 0 Å². The summed E-state index contributed by atoms with van der Waals surface area (Å²) in [6, 6.07) is 0. The number of piperidine rings is 1. The Bertz CT molecular complexity index is 278. The van der Waals surface area contributed by atoms with Crippen LogP contribution in [0.25, 0.3) is 0 Å². The van der Waals surface area contributed by atoms with Gasteiger partial charge in [0, 0.05) is 42.0 Å². The SMILES string of the molecule is CC(C)S(=O)CC(=O)N1CCC(=O)CC1. The van der Waals surface area contributed by atoms with E-state index in [1.54, 1.807) is 4.90 Å². The predicted octanol–water partition coefficient (Wildman–Crippen LogP) is 0.335. The molecule has 1 heterocycles. The number of carbonyl (C=O) groups excluding carboxylic acids is 2. The third kappa shape index (κ3) is 3.74. The second kappa shape index (κ2) is 5.39. The van der Waals surface area contributed by atoms with Crippen molar-refractivity contribution in [3.63, 3.8) is 0 Å². The molecule has 0 radical (unpaired) electrons. The van der Waals surface area contributed by atoms with Crippen molar-refractivity contribution in [3.05, 3.63) is 0 Å². The number of hydrogen-bond donors (Lipinski definition) is 0. The monoisotopic (exact) mass is 231 g/mol. The molecule has 86 valence electrons. The first-order valence-corrected chi connectivity index (χ1v) is 6.55. The lowest BCUT2D eigenvalue weighted by Crippen LogP contribution is -2.41. The number of nitrogens with zero attached hydrogens (tertiary/aromatic N) is 1. The van der Waals surface area contributed by atoms with Gasteiger partial charge in [0.25, 0.3) is 0 Å². The normalized spacial score (nSPS) is 19.4. The van der Waals surface area contributed by atoms with Crippen LogP contribution in [0.15, 0.2) is 0 Å². The van der Waals surface area contributed by atoms with E-state index in [4.69, 9.17) is 0 Å². The molecule has 1 aliphatic heterocycles. The maximum absolute atomic E-state index is 11.6. The van der Waals surface area contributed by atoms with E-state index < -0.39 is 10.8 Å². The topological polar surface area (TPSA) is 54.5 Å². The third-order valence-corrected chi connectivity index (χ3v) is 4.05. The Labute approximate surface area is 92.5 Å². The highest BCUT2D eigenvalue weighted by atomic mass is 32.2. The van der Waals surface area contributed by atoms with Gasteiger partial charge in [-0.2, -0.15) is 0 Å². The highest BCUT2D eigenvalue weighted by molar-refractivity contribution is 7.86. The zero-order chi connectivity index (χ0) is 11.4. The summed E-state index contributed by atoms with van der Waals surface area (Å²) >= 11 is 0. The molecule has 0 bridgehead atoms. The maximum Gasteiger partial charge on any atom is 0.235 e. The summed E-state index contributed by atoms with van der Waals surface area (Å²) in [5.74, 6) is 0.213. The van der Waals surface area contributed by atoms with Gasteiger partial charge in [-0.3, -0.25) is 13.8 Å². The molecule has 0 aliphatic carbocycles. The number of amides is 1. The lowest BCUT2D eigenvalue weighted by molar-refractivity contribution is -0.132. The third-order valence-electron chi connectivity index (χ3n) is 2.47. The Morgan fingerprint density at radius 1 is 1.40 bits per heavy atom.